The first-order valence-electron chi connectivity index (χ1n) is 11.9. The zero-order chi connectivity index (χ0) is 28.6. The van der Waals surface area contributed by atoms with Crippen LogP contribution >= 0.6 is 0 Å². The van der Waals surface area contributed by atoms with Crippen molar-refractivity contribution >= 4 is 22.9 Å². The molecule has 0 saturated heterocycles. The molecular formula is C27H20F3N7O3. The van der Waals surface area contributed by atoms with Gasteiger partial charge < -0.3 is 19.0 Å². The predicted molar refractivity (Wildman–Crippen MR) is 138 cm³/mol. The van der Waals surface area contributed by atoms with Crippen molar-refractivity contribution in [3.63, 3.8) is 0 Å². The molecule has 3 aromatic heterocycles. The molecule has 0 unspecified atom stereocenters. The zero-order valence-corrected chi connectivity index (χ0v) is 21.4. The molecule has 0 amide bonds. The second-order valence-corrected chi connectivity index (χ2v) is 8.67. The van der Waals surface area contributed by atoms with Gasteiger partial charge in [-0.1, -0.05) is 0 Å². The normalized spacial score (nSPS) is 11.4. The van der Waals surface area contributed by atoms with Gasteiger partial charge in [0.15, 0.2) is 11.4 Å². The maximum atomic E-state index is 13.9. The number of nitrogens with one attached hydrogen (secondary N) is 1. The van der Waals surface area contributed by atoms with Gasteiger partial charge in [0, 0.05) is 19.2 Å². The highest BCUT2D eigenvalue weighted by Gasteiger charge is 2.36. The molecule has 3 heterocycles. The molecule has 2 aromatic carbocycles. The summed E-state index contributed by atoms with van der Waals surface area (Å²) in [7, 11) is 2.85. The van der Waals surface area contributed by atoms with Crippen molar-refractivity contribution < 1.29 is 27.1 Å². The minimum absolute atomic E-state index is 0.128. The molecule has 0 bridgehead atoms. The van der Waals surface area contributed by atoms with Crippen LogP contribution in [-0.2, 0) is 18.0 Å². The molecule has 0 aliphatic rings. The largest absolute Gasteiger partial charge is 0.465 e. The second-order valence-electron chi connectivity index (χ2n) is 8.67. The van der Waals surface area contributed by atoms with E-state index in [0.29, 0.717) is 46.5 Å². The number of pyridine rings is 1. The van der Waals surface area contributed by atoms with Gasteiger partial charge >= 0.3 is 12.1 Å². The molecule has 5 aromatic rings. The van der Waals surface area contributed by atoms with Gasteiger partial charge in [-0.05, 0) is 60.5 Å². The van der Waals surface area contributed by atoms with E-state index in [4.69, 9.17) is 4.42 Å². The number of anilines is 1. The number of carbonyl (C=O) groups is 1. The van der Waals surface area contributed by atoms with Crippen LogP contribution in [0.4, 0.5) is 19.0 Å². The van der Waals surface area contributed by atoms with E-state index in [1.165, 1.54) is 6.07 Å². The number of hydrogen-bond acceptors (Lipinski definition) is 9. The van der Waals surface area contributed by atoms with Crippen LogP contribution in [0, 0.1) is 11.3 Å². The topological polar surface area (TPSA) is 132 Å². The van der Waals surface area contributed by atoms with E-state index in [-0.39, 0.29) is 22.7 Å². The summed E-state index contributed by atoms with van der Waals surface area (Å²) in [4.78, 5) is 20.8. The number of methoxy groups -OCH3 is 1. The van der Waals surface area contributed by atoms with Gasteiger partial charge in [0.2, 0.25) is 5.89 Å². The Morgan fingerprint density at radius 2 is 1.95 bits per heavy atom. The smallest absolute Gasteiger partial charge is 0.420 e. The van der Waals surface area contributed by atoms with Crippen LogP contribution in [-0.4, -0.2) is 44.4 Å². The number of oxazole rings is 1. The SMILES string of the molecule is CCNc1cc(-c2cc(C#N)ccc2-c2nncn2C)cc(-c2nc3cc(C(=O)OC)cc(C(F)(F)F)c3o2)n1. The molecule has 13 heteroatoms. The highest BCUT2D eigenvalue weighted by atomic mass is 19.4. The van der Waals surface area contributed by atoms with Crippen molar-refractivity contribution in [3.05, 3.63) is 65.5 Å². The van der Waals surface area contributed by atoms with Crippen molar-refractivity contribution in [3.8, 4) is 40.2 Å². The van der Waals surface area contributed by atoms with E-state index < -0.39 is 23.3 Å². The monoisotopic (exact) mass is 547 g/mol. The fraction of sp³-hybridized carbons (Fsp3) is 0.185. The third-order valence-electron chi connectivity index (χ3n) is 6.03. The maximum absolute atomic E-state index is 13.9. The molecule has 202 valence electrons. The average molecular weight is 547 g/mol. The lowest BCUT2D eigenvalue weighted by atomic mass is 9.96. The third kappa shape index (κ3) is 4.82. The number of halogens is 3. The molecule has 0 atom stereocenters. The van der Waals surface area contributed by atoms with Crippen LogP contribution < -0.4 is 5.32 Å². The lowest BCUT2D eigenvalue weighted by Gasteiger charge is -2.13. The van der Waals surface area contributed by atoms with E-state index in [9.17, 15) is 23.2 Å². The summed E-state index contributed by atoms with van der Waals surface area (Å²) in [5, 5.41) is 20.8. The van der Waals surface area contributed by atoms with Crippen molar-refractivity contribution in [1.82, 2.24) is 24.7 Å². The van der Waals surface area contributed by atoms with E-state index in [0.717, 1.165) is 7.11 Å². The van der Waals surface area contributed by atoms with Crippen LogP contribution in [0.15, 0.2) is 53.2 Å². The molecule has 0 radical (unpaired) electrons. The first-order valence-corrected chi connectivity index (χ1v) is 11.9. The second kappa shape index (κ2) is 10.1. The lowest BCUT2D eigenvalue weighted by Crippen LogP contribution is -2.09. The Kier molecular flexibility index (Phi) is 6.68. The quantitative estimate of drug-likeness (QED) is 0.275. The molecule has 40 heavy (non-hydrogen) atoms. The number of carbonyl (C=O) groups excluding carboxylic acids is 1. The minimum atomic E-state index is -4.83. The van der Waals surface area contributed by atoms with Crippen LogP contribution in [0.25, 0.3) is 45.2 Å². The fourth-order valence-corrected chi connectivity index (χ4v) is 4.23. The summed E-state index contributed by atoms with van der Waals surface area (Å²) in [6, 6.07) is 12.4. The molecule has 0 aliphatic heterocycles. The Hall–Kier alpha value is -5.25. The number of fused-ring (bicyclic) bond motifs is 1. The van der Waals surface area contributed by atoms with Crippen molar-refractivity contribution in [2.75, 3.05) is 19.0 Å². The van der Waals surface area contributed by atoms with Crippen molar-refractivity contribution in [1.29, 1.82) is 5.26 Å². The maximum Gasteiger partial charge on any atom is 0.420 e. The van der Waals surface area contributed by atoms with Gasteiger partial charge in [0.05, 0.1) is 24.3 Å². The van der Waals surface area contributed by atoms with E-state index >= 15 is 0 Å². The predicted octanol–water partition coefficient (Wildman–Crippen LogP) is 5.46. The summed E-state index contributed by atoms with van der Waals surface area (Å²) in [6.07, 6.45) is -3.29. The number of benzene rings is 2. The first-order chi connectivity index (χ1) is 19.1. The number of esters is 1. The van der Waals surface area contributed by atoms with Crippen LogP contribution in [0.1, 0.15) is 28.4 Å². The number of aromatic nitrogens is 5. The zero-order valence-electron chi connectivity index (χ0n) is 21.4. The molecular weight excluding hydrogens is 527 g/mol. The number of nitriles is 1. The summed E-state index contributed by atoms with van der Waals surface area (Å²) in [5.74, 6) is -0.204. The molecule has 0 aliphatic carbocycles. The van der Waals surface area contributed by atoms with Crippen LogP contribution in [0.3, 0.4) is 0 Å². The molecule has 10 nitrogen and oxygen atoms in total. The third-order valence-corrected chi connectivity index (χ3v) is 6.03. The fourth-order valence-electron chi connectivity index (χ4n) is 4.23. The lowest BCUT2D eigenvalue weighted by molar-refractivity contribution is -0.136. The number of aryl methyl sites for hydroxylation is 1. The molecule has 0 saturated carbocycles. The Balaban J connectivity index is 1.74. The molecule has 0 spiro atoms. The number of ether oxygens (including phenoxy) is 1. The van der Waals surface area contributed by atoms with Gasteiger partial charge in [-0.25, -0.2) is 14.8 Å². The van der Waals surface area contributed by atoms with Crippen LogP contribution in [0.5, 0.6) is 0 Å². The highest BCUT2D eigenvalue weighted by molar-refractivity contribution is 5.95. The summed E-state index contributed by atoms with van der Waals surface area (Å²) < 4.78 is 53.7. The molecule has 0 fully saturated rings. The molecule has 1 N–H and O–H groups in total. The number of alkyl halides is 3. The average Bonchev–Trinajstić information content (AvgIpc) is 3.57. The van der Waals surface area contributed by atoms with Gasteiger partial charge in [-0.15, -0.1) is 10.2 Å². The Labute approximate surface area is 225 Å². The Morgan fingerprint density at radius 3 is 2.60 bits per heavy atom. The Morgan fingerprint density at radius 1 is 1.15 bits per heavy atom. The van der Waals surface area contributed by atoms with Gasteiger partial charge in [-0.3, -0.25) is 0 Å². The van der Waals surface area contributed by atoms with Crippen molar-refractivity contribution in [2.45, 2.75) is 13.1 Å². The number of nitrogens with zero attached hydrogens (tertiary/aromatic N) is 6. The number of rotatable bonds is 6. The summed E-state index contributed by atoms with van der Waals surface area (Å²) in [6.45, 7) is 2.36. The van der Waals surface area contributed by atoms with Gasteiger partial charge in [0.25, 0.3) is 0 Å². The summed E-state index contributed by atoms with van der Waals surface area (Å²) in [5.41, 5.74) is 0.144. The molecule has 5 rings (SSSR count). The van der Waals surface area contributed by atoms with Crippen molar-refractivity contribution in [2.24, 2.45) is 7.05 Å². The Bertz CT molecular complexity index is 1800. The standard InChI is InChI=1S/C27H20F3N7O3/c1-4-32-22-11-15(18-7-14(12-31)5-6-17(18)24-36-33-13-37(24)2)9-21(34-22)25-35-20-10-16(26(38)39-3)8-19(23(20)40-25)27(28,29)30/h5-11,13H,4H2,1-3H3,(H,32,34). The highest BCUT2D eigenvalue weighted by Crippen LogP contribution is 2.39. The van der Waals surface area contributed by atoms with E-state index in [1.54, 1.807) is 48.3 Å². The first kappa shape index (κ1) is 26.4. The van der Waals surface area contributed by atoms with E-state index in [2.05, 4.69) is 36.3 Å². The summed E-state index contributed by atoms with van der Waals surface area (Å²) >= 11 is 0. The van der Waals surface area contributed by atoms with E-state index in [1.807, 2.05) is 6.92 Å². The minimum Gasteiger partial charge on any atom is -0.465 e. The number of hydrogen-bond donors (Lipinski definition) is 1. The van der Waals surface area contributed by atoms with Crippen LogP contribution in [0.2, 0.25) is 0 Å². The van der Waals surface area contributed by atoms with Gasteiger partial charge in [0.1, 0.15) is 28.9 Å². The van der Waals surface area contributed by atoms with Gasteiger partial charge in [-0.2, -0.15) is 18.4 Å².